The third-order valence-corrected chi connectivity index (χ3v) is 6.37. The van der Waals surface area contributed by atoms with Crippen LogP contribution in [0.25, 0.3) is 20.7 Å². The van der Waals surface area contributed by atoms with E-state index in [0.717, 1.165) is 46.6 Å². The van der Waals surface area contributed by atoms with Gasteiger partial charge in [-0.15, -0.1) is 11.3 Å². The van der Waals surface area contributed by atoms with Crippen molar-refractivity contribution < 1.29 is 4.79 Å². The molecule has 0 saturated carbocycles. The molecular weight excluding hydrogens is 374 g/mol. The summed E-state index contributed by atoms with van der Waals surface area (Å²) in [6.45, 7) is 1.73. The first-order valence-electron chi connectivity index (χ1n) is 8.14. The lowest BCUT2D eigenvalue weighted by atomic mass is 10.2. The highest BCUT2D eigenvalue weighted by Gasteiger charge is 2.19. The summed E-state index contributed by atoms with van der Waals surface area (Å²) in [4.78, 5) is 25.0. The third kappa shape index (κ3) is 3.66. The summed E-state index contributed by atoms with van der Waals surface area (Å²) < 4.78 is 0. The van der Waals surface area contributed by atoms with Crippen molar-refractivity contribution >= 4 is 50.8 Å². The van der Waals surface area contributed by atoms with Crippen LogP contribution in [-0.2, 0) is 4.79 Å². The van der Waals surface area contributed by atoms with Crippen LogP contribution in [0.1, 0.15) is 12.8 Å². The van der Waals surface area contributed by atoms with E-state index in [1.54, 1.807) is 11.3 Å². The van der Waals surface area contributed by atoms with E-state index in [-0.39, 0.29) is 5.91 Å². The number of amides is 1. The van der Waals surface area contributed by atoms with E-state index in [0.29, 0.717) is 16.1 Å². The predicted octanol–water partition coefficient (Wildman–Crippen LogP) is 4.73. The van der Waals surface area contributed by atoms with Gasteiger partial charge in [-0.25, -0.2) is 9.97 Å². The number of thioether (sulfide) groups is 1. The minimum absolute atomic E-state index is 0.151. The number of halogens is 1. The average molecular weight is 390 g/mol. The molecule has 0 bridgehead atoms. The molecule has 1 aliphatic heterocycles. The molecule has 1 aromatic carbocycles. The molecule has 0 atom stereocenters. The second kappa shape index (κ2) is 7.32. The quantitative estimate of drug-likeness (QED) is 0.367. The Morgan fingerprint density at radius 1 is 1.20 bits per heavy atom. The third-order valence-electron chi connectivity index (χ3n) is 4.17. The van der Waals surface area contributed by atoms with Crippen LogP contribution in [0.2, 0.25) is 5.15 Å². The molecule has 0 N–H and O–H groups in total. The zero-order valence-corrected chi connectivity index (χ0v) is 15.8. The lowest BCUT2D eigenvalue weighted by Crippen LogP contribution is -2.29. The summed E-state index contributed by atoms with van der Waals surface area (Å²) in [6, 6.07) is 12.2. The number of hydrogen-bond donors (Lipinski definition) is 0. The van der Waals surface area contributed by atoms with Crippen LogP contribution in [0.15, 0.2) is 41.6 Å². The highest BCUT2D eigenvalue weighted by molar-refractivity contribution is 7.99. The predicted molar refractivity (Wildman–Crippen MR) is 104 cm³/mol. The Balaban J connectivity index is 1.55. The first-order valence-corrected chi connectivity index (χ1v) is 10.3. The molecule has 25 heavy (non-hydrogen) atoms. The summed E-state index contributed by atoms with van der Waals surface area (Å²) in [5.41, 5.74) is 1.14. The molecule has 1 aliphatic rings. The molecule has 2 aromatic heterocycles. The molecule has 7 heteroatoms. The summed E-state index contributed by atoms with van der Waals surface area (Å²) in [5.74, 6) is 0.511. The van der Waals surface area contributed by atoms with E-state index in [2.05, 4.69) is 22.1 Å². The summed E-state index contributed by atoms with van der Waals surface area (Å²) in [5, 5.41) is 1.87. The maximum absolute atomic E-state index is 12.2. The molecular formula is C18H16ClN3OS2. The number of carbonyl (C=O) groups excluding carboxylic acids is 1. The highest BCUT2D eigenvalue weighted by Crippen LogP contribution is 2.36. The van der Waals surface area contributed by atoms with Gasteiger partial charge in [-0.05, 0) is 24.5 Å². The number of aromatic nitrogens is 2. The molecule has 1 saturated heterocycles. The second-order valence-electron chi connectivity index (χ2n) is 5.87. The molecule has 3 aromatic rings. The molecule has 0 radical (unpaired) electrons. The van der Waals surface area contributed by atoms with Gasteiger partial charge in [0.05, 0.1) is 5.75 Å². The zero-order valence-electron chi connectivity index (χ0n) is 13.4. The van der Waals surface area contributed by atoms with Crippen LogP contribution in [0.3, 0.4) is 0 Å². The first kappa shape index (κ1) is 16.8. The van der Waals surface area contributed by atoms with Crippen LogP contribution in [-0.4, -0.2) is 39.6 Å². The molecule has 4 nitrogen and oxygen atoms in total. The highest BCUT2D eigenvalue weighted by atomic mass is 35.5. The van der Waals surface area contributed by atoms with Crippen molar-refractivity contribution in [2.45, 2.75) is 18.0 Å². The van der Waals surface area contributed by atoms with E-state index in [1.807, 2.05) is 29.2 Å². The van der Waals surface area contributed by atoms with Crippen molar-refractivity contribution in [1.82, 2.24) is 14.9 Å². The smallest absolute Gasteiger partial charge is 0.233 e. The van der Waals surface area contributed by atoms with E-state index in [9.17, 15) is 4.79 Å². The SMILES string of the molecule is O=C(CSc1nc(Cl)c2cc(-c3ccccc3)sc2n1)N1CCCC1. The molecule has 128 valence electrons. The van der Waals surface area contributed by atoms with Gasteiger partial charge in [-0.3, -0.25) is 4.79 Å². The minimum atomic E-state index is 0.151. The Hall–Kier alpha value is -1.63. The Kier molecular flexibility index (Phi) is 4.92. The number of fused-ring (bicyclic) bond motifs is 1. The van der Waals surface area contributed by atoms with Gasteiger partial charge >= 0.3 is 0 Å². The minimum Gasteiger partial charge on any atom is -0.342 e. The van der Waals surface area contributed by atoms with Gasteiger partial charge in [-0.2, -0.15) is 0 Å². The average Bonchev–Trinajstić information content (AvgIpc) is 3.30. The van der Waals surface area contributed by atoms with E-state index < -0.39 is 0 Å². The van der Waals surface area contributed by atoms with Crippen LogP contribution in [0.4, 0.5) is 0 Å². The monoisotopic (exact) mass is 389 g/mol. The largest absolute Gasteiger partial charge is 0.342 e. The van der Waals surface area contributed by atoms with Gasteiger partial charge in [0, 0.05) is 23.4 Å². The van der Waals surface area contributed by atoms with Gasteiger partial charge in [0.15, 0.2) is 5.16 Å². The van der Waals surface area contributed by atoms with Crippen molar-refractivity contribution in [2.75, 3.05) is 18.8 Å². The van der Waals surface area contributed by atoms with E-state index in [4.69, 9.17) is 11.6 Å². The Labute approximate surface area is 159 Å². The lowest BCUT2D eigenvalue weighted by Gasteiger charge is -2.14. The van der Waals surface area contributed by atoms with Gasteiger partial charge in [0.1, 0.15) is 9.98 Å². The van der Waals surface area contributed by atoms with E-state index in [1.165, 1.54) is 11.8 Å². The van der Waals surface area contributed by atoms with Gasteiger partial charge in [-0.1, -0.05) is 53.7 Å². The molecule has 1 fully saturated rings. The van der Waals surface area contributed by atoms with Gasteiger partial charge < -0.3 is 4.90 Å². The summed E-state index contributed by atoms with van der Waals surface area (Å²) in [7, 11) is 0. The number of hydrogen-bond acceptors (Lipinski definition) is 5. The number of nitrogens with zero attached hydrogens (tertiary/aromatic N) is 3. The number of likely N-dealkylation sites (tertiary alicyclic amines) is 1. The first-order chi connectivity index (χ1) is 12.2. The Bertz CT molecular complexity index is 907. The topological polar surface area (TPSA) is 46.1 Å². The van der Waals surface area contributed by atoms with Crippen molar-refractivity contribution in [3.05, 3.63) is 41.6 Å². The maximum atomic E-state index is 12.2. The molecule has 0 aliphatic carbocycles. The second-order valence-corrected chi connectivity index (χ2v) is 8.20. The maximum Gasteiger partial charge on any atom is 0.233 e. The van der Waals surface area contributed by atoms with E-state index >= 15 is 0 Å². The summed E-state index contributed by atoms with van der Waals surface area (Å²) in [6.07, 6.45) is 2.20. The number of carbonyl (C=O) groups is 1. The van der Waals surface area contributed by atoms with Crippen molar-refractivity contribution in [3.63, 3.8) is 0 Å². The van der Waals surface area contributed by atoms with Gasteiger partial charge in [0.25, 0.3) is 0 Å². The van der Waals surface area contributed by atoms with Gasteiger partial charge in [0.2, 0.25) is 5.91 Å². The fourth-order valence-corrected chi connectivity index (χ4v) is 5.03. The molecule has 0 spiro atoms. The van der Waals surface area contributed by atoms with Crippen molar-refractivity contribution in [1.29, 1.82) is 0 Å². The number of thiophene rings is 1. The normalized spacial score (nSPS) is 14.4. The number of benzene rings is 1. The standard InChI is InChI=1S/C18H16ClN3OS2/c19-16-13-10-14(12-6-2-1-3-7-12)25-17(13)21-18(20-16)24-11-15(23)22-8-4-5-9-22/h1-3,6-7,10H,4-5,8-9,11H2. The van der Waals surface area contributed by atoms with Crippen molar-refractivity contribution in [3.8, 4) is 10.4 Å². The fraction of sp³-hybridized carbons (Fsp3) is 0.278. The van der Waals surface area contributed by atoms with Crippen LogP contribution < -0.4 is 0 Å². The van der Waals surface area contributed by atoms with Crippen LogP contribution >= 0.6 is 34.7 Å². The molecule has 0 unspecified atom stereocenters. The number of rotatable bonds is 4. The molecule has 1 amide bonds. The molecule has 3 heterocycles. The summed E-state index contributed by atoms with van der Waals surface area (Å²) >= 11 is 9.30. The van der Waals surface area contributed by atoms with Crippen molar-refractivity contribution in [2.24, 2.45) is 0 Å². The Morgan fingerprint density at radius 3 is 2.72 bits per heavy atom. The fourth-order valence-electron chi connectivity index (χ4n) is 2.86. The van der Waals surface area contributed by atoms with Crippen LogP contribution in [0, 0.1) is 0 Å². The zero-order chi connectivity index (χ0) is 17.2. The Morgan fingerprint density at radius 2 is 1.96 bits per heavy atom. The van der Waals surface area contributed by atoms with Crippen LogP contribution in [0.5, 0.6) is 0 Å². The lowest BCUT2D eigenvalue weighted by molar-refractivity contribution is -0.127. The molecule has 4 rings (SSSR count).